The van der Waals surface area contributed by atoms with E-state index in [0.29, 0.717) is 11.9 Å². The van der Waals surface area contributed by atoms with Crippen LogP contribution in [0.25, 0.3) is 21.8 Å². The van der Waals surface area contributed by atoms with Crippen LogP contribution in [0.15, 0.2) is 30.5 Å². The first-order valence-electron chi connectivity index (χ1n) is 5.04. The van der Waals surface area contributed by atoms with Crippen molar-refractivity contribution < 1.29 is 4.39 Å². The summed E-state index contributed by atoms with van der Waals surface area (Å²) in [6, 6.07) is 6.82. The normalized spacial score (nSPS) is 11.4. The zero-order valence-corrected chi connectivity index (χ0v) is 8.50. The smallest absolute Gasteiger partial charge is 0.133 e. The van der Waals surface area contributed by atoms with E-state index in [1.165, 1.54) is 6.07 Å². The summed E-state index contributed by atoms with van der Waals surface area (Å²) in [4.78, 5) is 7.30. The standard InChI is InChI=1S/C12H10FN3/c13-9-2-1-3-10-12(9)8-4-7(5-14)15-6-11(8)16-10/h1-4,6,16H,5,14H2. The molecule has 3 N–H and O–H groups in total. The molecule has 0 atom stereocenters. The van der Waals surface area contributed by atoms with Gasteiger partial charge in [-0.2, -0.15) is 0 Å². The third kappa shape index (κ3) is 1.20. The molecule has 3 aromatic rings. The van der Waals surface area contributed by atoms with E-state index >= 15 is 0 Å². The molecule has 16 heavy (non-hydrogen) atoms. The SMILES string of the molecule is NCc1cc2c(cn1)[nH]c1cccc(F)c12. The van der Waals surface area contributed by atoms with E-state index in [2.05, 4.69) is 9.97 Å². The number of H-pyrrole nitrogens is 1. The van der Waals surface area contributed by atoms with Gasteiger partial charge in [-0.05, 0) is 18.2 Å². The second-order valence-electron chi connectivity index (χ2n) is 3.71. The van der Waals surface area contributed by atoms with Gasteiger partial charge in [0.05, 0.1) is 17.4 Å². The summed E-state index contributed by atoms with van der Waals surface area (Å²) in [5.74, 6) is -0.224. The number of aromatic nitrogens is 2. The second-order valence-corrected chi connectivity index (χ2v) is 3.71. The molecule has 3 nitrogen and oxygen atoms in total. The maximum atomic E-state index is 13.7. The van der Waals surface area contributed by atoms with E-state index in [9.17, 15) is 4.39 Å². The molecular weight excluding hydrogens is 205 g/mol. The maximum absolute atomic E-state index is 13.7. The van der Waals surface area contributed by atoms with Crippen LogP contribution < -0.4 is 5.73 Å². The largest absolute Gasteiger partial charge is 0.353 e. The van der Waals surface area contributed by atoms with Crippen molar-refractivity contribution in [3.63, 3.8) is 0 Å². The van der Waals surface area contributed by atoms with Gasteiger partial charge in [0.25, 0.3) is 0 Å². The van der Waals surface area contributed by atoms with Crippen LogP contribution in [0.3, 0.4) is 0 Å². The van der Waals surface area contributed by atoms with E-state index in [1.54, 1.807) is 12.3 Å². The Morgan fingerprint density at radius 1 is 1.31 bits per heavy atom. The van der Waals surface area contributed by atoms with Crippen molar-refractivity contribution in [1.82, 2.24) is 9.97 Å². The molecule has 1 aromatic carbocycles. The van der Waals surface area contributed by atoms with Crippen LogP contribution in [0, 0.1) is 5.82 Å². The fraction of sp³-hybridized carbons (Fsp3) is 0.0833. The number of nitrogens with one attached hydrogen (secondary N) is 1. The highest BCUT2D eigenvalue weighted by Crippen LogP contribution is 2.27. The molecule has 0 radical (unpaired) electrons. The van der Waals surface area contributed by atoms with Crippen LogP contribution in [0.2, 0.25) is 0 Å². The summed E-state index contributed by atoms with van der Waals surface area (Å²) in [6.45, 7) is 0.358. The molecule has 0 spiro atoms. The Balaban J connectivity index is 2.50. The maximum Gasteiger partial charge on any atom is 0.133 e. The van der Waals surface area contributed by atoms with Gasteiger partial charge in [-0.3, -0.25) is 4.98 Å². The summed E-state index contributed by atoms with van der Waals surface area (Å²) in [5, 5.41) is 1.44. The monoisotopic (exact) mass is 215 g/mol. The number of fused-ring (bicyclic) bond motifs is 3. The molecule has 2 heterocycles. The van der Waals surface area contributed by atoms with Crippen LogP contribution in [-0.2, 0) is 6.54 Å². The number of aromatic amines is 1. The molecular formula is C12H10FN3. The first-order valence-corrected chi connectivity index (χ1v) is 5.04. The van der Waals surface area contributed by atoms with Gasteiger partial charge in [0.1, 0.15) is 5.82 Å². The highest BCUT2D eigenvalue weighted by molar-refractivity contribution is 6.07. The van der Waals surface area contributed by atoms with Gasteiger partial charge >= 0.3 is 0 Å². The molecule has 0 fully saturated rings. The van der Waals surface area contributed by atoms with Gasteiger partial charge in [0.15, 0.2) is 0 Å². The Morgan fingerprint density at radius 2 is 2.19 bits per heavy atom. The second kappa shape index (κ2) is 3.28. The van der Waals surface area contributed by atoms with Gasteiger partial charge in [0, 0.05) is 22.8 Å². The van der Waals surface area contributed by atoms with Gasteiger partial charge in [-0.25, -0.2) is 4.39 Å². The zero-order valence-electron chi connectivity index (χ0n) is 8.50. The Bertz CT molecular complexity index is 672. The fourth-order valence-corrected chi connectivity index (χ4v) is 1.96. The number of hydrogen-bond donors (Lipinski definition) is 2. The van der Waals surface area contributed by atoms with Crippen LogP contribution in [0.1, 0.15) is 5.69 Å². The minimum atomic E-state index is -0.224. The highest BCUT2D eigenvalue weighted by Gasteiger charge is 2.09. The molecule has 0 aliphatic carbocycles. The van der Waals surface area contributed by atoms with Crippen molar-refractivity contribution in [3.05, 3.63) is 42.0 Å². The summed E-state index contributed by atoms with van der Waals surface area (Å²) >= 11 is 0. The van der Waals surface area contributed by atoms with E-state index < -0.39 is 0 Å². The van der Waals surface area contributed by atoms with Crippen LogP contribution in [-0.4, -0.2) is 9.97 Å². The van der Waals surface area contributed by atoms with Crippen molar-refractivity contribution in [2.24, 2.45) is 5.73 Å². The summed E-state index contributed by atoms with van der Waals surface area (Å²) < 4.78 is 13.7. The lowest BCUT2D eigenvalue weighted by atomic mass is 10.1. The number of pyridine rings is 1. The lowest BCUT2D eigenvalue weighted by Crippen LogP contribution is -1.98. The molecule has 0 bridgehead atoms. The van der Waals surface area contributed by atoms with E-state index in [1.807, 2.05) is 12.1 Å². The van der Waals surface area contributed by atoms with Crippen LogP contribution in [0.4, 0.5) is 4.39 Å². The Labute approximate surface area is 91.1 Å². The van der Waals surface area contributed by atoms with Gasteiger partial charge in [0.2, 0.25) is 0 Å². The predicted octanol–water partition coefficient (Wildman–Crippen LogP) is 2.31. The summed E-state index contributed by atoms with van der Waals surface area (Å²) in [5.41, 5.74) is 7.90. The molecule has 2 aromatic heterocycles. The summed E-state index contributed by atoms with van der Waals surface area (Å²) in [7, 11) is 0. The van der Waals surface area contributed by atoms with Gasteiger partial charge in [-0.1, -0.05) is 6.07 Å². The molecule has 4 heteroatoms. The minimum Gasteiger partial charge on any atom is -0.353 e. The number of nitrogens with two attached hydrogens (primary N) is 1. The van der Waals surface area contributed by atoms with Crippen LogP contribution >= 0.6 is 0 Å². The highest BCUT2D eigenvalue weighted by atomic mass is 19.1. The Morgan fingerprint density at radius 3 is 3.00 bits per heavy atom. The molecule has 80 valence electrons. The molecule has 3 rings (SSSR count). The van der Waals surface area contributed by atoms with E-state index in [0.717, 1.165) is 22.1 Å². The van der Waals surface area contributed by atoms with Crippen molar-refractivity contribution >= 4 is 21.8 Å². The van der Waals surface area contributed by atoms with Crippen molar-refractivity contribution in [3.8, 4) is 0 Å². The van der Waals surface area contributed by atoms with E-state index in [4.69, 9.17) is 5.73 Å². The van der Waals surface area contributed by atoms with Crippen molar-refractivity contribution in [2.45, 2.75) is 6.54 Å². The first-order chi connectivity index (χ1) is 7.79. The topological polar surface area (TPSA) is 54.7 Å². The van der Waals surface area contributed by atoms with E-state index in [-0.39, 0.29) is 5.82 Å². The number of hydrogen-bond acceptors (Lipinski definition) is 2. The third-order valence-corrected chi connectivity index (χ3v) is 2.72. The number of benzene rings is 1. The molecule has 0 aliphatic rings. The third-order valence-electron chi connectivity index (χ3n) is 2.72. The average Bonchev–Trinajstić information content (AvgIpc) is 2.67. The average molecular weight is 215 g/mol. The predicted molar refractivity (Wildman–Crippen MR) is 61.4 cm³/mol. The number of nitrogens with zero attached hydrogens (tertiary/aromatic N) is 1. The minimum absolute atomic E-state index is 0.224. The Hall–Kier alpha value is -1.94. The van der Waals surface area contributed by atoms with Crippen molar-refractivity contribution in [1.29, 1.82) is 0 Å². The van der Waals surface area contributed by atoms with Gasteiger partial charge in [-0.15, -0.1) is 0 Å². The quantitative estimate of drug-likeness (QED) is 0.654. The van der Waals surface area contributed by atoms with Crippen molar-refractivity contribution in [2.75, 3.05) is 0 Å². The zero-order chi connectivity index (χ0) is 11.1. The lowest BCUT2D eigenvalue weighted by molar-refractivity contribution is 0.640. The molecule has 0 saturated carbocycles. The lowest BCUT2D eigenvalue weighted by Gasteiger charge is -1.96. The molecule has 0 unspecified atom stereocenters. The van der Waals surface area contributed by atoms with Gasteiger partial charge < -0.3 is 10.7 Å². The molecule has 0 saturated heterocycles. The number of halogens is 1. The fourth-order valence-electron chi connectivity index (χ4n) is 1.96. The Kier molecular flexibility index (Phi) is 1.91. The number of rotatable bonds is 1. The first kappa shape index (κ1) is 9.30. The molecule has 0 aliphatic heterocycles. The molecule has 0 amide bonds. The van der Waals surface area contributed by atoms with Crippen LogP contribution in [0.5, 0.6) is 0 Å². The summed E-state index contributed by atoms with van der Waals surface area (Å²) in [6.07, 6.45) is 1.69.